The second-order valence-corrected chi connectivity index (χ2v) is 5.72. The molecule has 3 heteroatoms. The Morgan fingerprint density at radius 2 is 1.61 bits per heavy atom. The topological polar surface area (TPSA) is 38.3 Å². The Labute approximate surface area is 138 Å². The molecule has 1 N–H and O–H groups in total. The number of ether oxygens (including phenoxy) is 1. The normalized spacial score (nSPS) is 11.8. The Morgan fingerprint density at radius 1 is 1.04 bits per heavy atom. The van der Waals surface area contributed by atoms with Gasteiger partial charge in [0.05, 0.1) is 0 Å². The number of anilines is 1. The van der Waals surface area contributed by atoms with Crippen LogP contribution in [0.1, 0.15) is 37.5 Å². The van der Waals surface area contributed by atoms with E-state index in [1.54, 1.807) is 6.92 Å². The van der Waals surface area contributed by atoms with Gasteiger partial charge in [0, 0.05) is 5.69 Å². The number of nitrogens with one attached hydrogen (secondary N) is 1. The van der Waals surface area contributed by atoms with Crippen molar-refractivity contribution in [3.8, 4) is 5.75 Å². The highest BCUT2D eigenvalue weighted by atomic mass is 16.5. The van der Waals surface area contributed by atoms with Gasteiger partial charge in [-0.2, -0.15) is 0 Å². The summed E-state index contributed by atoms with van der Waals surface area (Å²) in [4.78, 5) is 12.5. The number of hydrogen-bond donors (Lipinski definition) is 1. The molecule has 0 aliphatic heterocycles. The first kappa shape index (κ1) is 17.1. The summed E-state index contributed by atoms with van der Waals surface area (Å²) in [6.07, 6.45) is 1.22. The molecule has 1 unspecified atom stereocenters. The fourth-order valence-corrected chi connectivity index (χ4v) is 2.50. The van der Waals surface area contributed by atoms with Crippen molar-refractivity contribution in [1.82, 2.24) is 0 Å². The van der Waals surface area contributed by atoms with E-state index in [9.17, 15) is 4.79 Å². The molecule has 0 aromatic heterocycles. The lowest BCUT2D eigenvalue weighted by Crippen LogP contribution is -2.30. The number of carbonyl (C=O) groups excluding carboxylic acids is 1. The third kappa shape index (κ3) is 4.35. The molecule has 2 aromatic carbocycles. The van der Waals surface area contributed by atoms with Crippen LogP contribution in [0, 0.1) is 6.92 Å². The summed E-state index contributed by atoms with van der Waals surface area (Å²) < 4.78 is 5.74. The van der Waals surface area contributed by atoms with Gasteiger partial charge in [-0.1, -0.05) is 49.7 Å². The van der Waals surface area contributed by atoms with Gasteiger partial charge in [0.2, 0.25) is 0 Å². The van der Waals surface area contributed by atoms with Crippen molar-refractivity contribution in [2.75, 3.05) is 5.32 Å². The van der Waals surface area contributed by atoms with E-state index in [4.69, 9.17) is 4.74 Å². The van der Waals surface area contributed by atoms with E-state index >= 15 is 0 Å². The summed E-state index contributed by atoms with van der Waals surface area (Å²) in [5.74, 6) is 0.582. The third-order valence-electron chi connectivity index (χ3n) is 3.95. The van der Waals surface area contributed by atoms with Gasteiger partial charge in [-0.25, -0.2) is 0 Å². The Balaban J connectivity index is 2.10. The first-order valence-corrected chi connectivity index (χ1v) is 8.20. The minimum Gasteiger partial charge on any atom is -0.481 e. The maximum absolute atomic E-state index is 12.5. The van der Waals surface area contributed by atoms with Gasteiger partial charge in [0.25, 0.3) is 5.91 Å². The molecular weight excluding hydrogens is 286 g/mol. The molecule has 0 radical (unpaired) electrons. The van der Waals surface area contributed by atoms with Gasteiger partial charge in [-0.3, -0.25) is 4.79 Å². The summed E-state index contributed by atoms with van der Waals surface area (Å²) in [5.41, 5.74) is 4.40. The standard InChI is InChI=1S/C20H25NO2/c1-5-16-8-7-9-17(6-2)19(16)21-20(22)15(4)23-18-12-10-14(3)11-13-18/h7-13,15H,5-6H2,1-4H3,(H,21,22). The zero-order valence-electron chi connectivity index (χ0n) is 14.3. The van der Waals surface area contributed by atoms with Gasteiger partial charge in [-0.05, 0) is 49.9 Å². The van der Waals surface area contributed by atoms with Crippen LogP contribution >= 0.6 is 0 Å². The Hall–Kier alpha value is -2.29. The quantitative estimate of drug-likeness (QED) is 0.851. The van der Waals surface area contributed by atoms with E-state index < -0.39 is 6.10 Å². The maximum Gasteiger partial charge on any atom is 0.265 e. The summed E-state index contributed by atoms with van der Waals surface area (Å²) >= 11 is 0. The smallest absolute Gasteiger partial charge is 0.265 e. The molecule has 23 heavy (non-hydrogen) atoms. The van der Waals surface area contributed by atoms with Crippen LogP contribution in [-0.4, -0.2) is 12.0 Å². The Bertz CT molecular complexity index is 640. The minimum atomic E-state index is -0.549. The van der Waals surface area contributed by atoms with Crippen LogP contribution in [0.4, 0.5) is 5.69 Å². The maximum atomic E-state index is 12.5. The summed E-state index contributed by atoms with van der Waals surface area (Å²) in [7, 11) is 0. The van der Waals surface area contributed by atoms with Gasteiger partial charge >= 0.3 is 0 Å². The molecule has 2 aromatic rings. The molecule has 0 aliphatic carbocycles. The van der Waals surface area contributed by atoms with Crippen LogP contribution in [0.25, 0.3) is 0 Å². The highest BCUT2D eigenvalue weighted by Gasteiger charge is 2.17. The Morgan fingerprint density at radius 3 is 2.13 bits per heavy atom. The van der Waals surface area contributed by atoms with Crippen molar-refractivity contribution in [2.45, 2.75) is 46.6 Å². The van der Waals surface area contributed by atoms with Crippen LogP contribution in [0.15, 0.2) is 42.5 Å². The van der Waals surface area contributed by atoms with Gasteiger partial charge in [0.15, 0.2) is 6.10 Å². The number of aryl methyl sites for hydroxylation is 3. The monoisotopic (exact) mass is 311 g/mol. The van der Waals surface area contributed by atoms with Crippen molar-refractivity contribution in [3.05, 3.63) is 59.2 Å². The molecule has 122 valence electrons. The SMILES string of the molecule is CCc1cccc(CC)c1NC(=O)C(C)Oc1ccc(C)cc1. The van der Waals surface area contributed by atoms with E-state index in [0.29, 0.717) is 5.75 Å². The number of para-hydroxylation sites is 1. The molecule has 0 heterocycles. The van der Waals surface area contributed by atoms with Crippen molar-refractivity contribution in [3.63, 3.8) is 0 Å². The minimum absolute atomic E-state index is 0.124. The summed E-state index contributed by atoms with van der Waals surface area (Å²) in [5, 5.41) is 3.05. The van der Waals surface area contributed by atoms with Crippen molar-refractivity contribution in [2.24, 2.45) is 0 Å². The third-order valence-corrected chi connectivity index (χ3v) is 3.95. The Kier molecular flexibility index (Phi) is 5.80. The molecule has 0 saturated heterocycles. The molecule has 0 fully saturated rings. The van der Waals surface area contributed by atoms with E-state index in [1.807, 2.05) is 37.3 Å². The molecule has 0 aliphatic rings. The first-order valence-electron chi connectivity index (χ1n) is 8.20. The molecule has 0 spiro atoms. The highest BCUT2D eigenvalue weighted by molar-refractivity contribution is 5.95. The molecular formula is C20H25NO2. The lowest BCUT2D eigenvalue weighted by atomic mass is 10.0. The van der Waals surface area contributed by atoms with Crippen molar-refractivity contribution >= 4 is 11.6 Å². The van der Waals surface area contributed by atoms with Gasteiger partial charge in [-0.15, -0.1) is 0 Å². The fourth-order valence-electron chi connectivity index (χ4n) is 2.50. The van der Waals surface area contributed by atoms with E-state index in [0.717, 1.165) is 29.7 Å². The molecule has 1 amide bonds. The van der Waals surface area contributed by atoms with Crippen LogP contribution in [0.3, 0.4) is 0 Å². The van der Waals surface area contributed by atoms with Crippen LogP contribution in [0.5, 0.6) is 5.75 Å². The number of hydrogen-bond acceptors (Lipinski definition) is 2. The van der Waals surface area contributed by atoms with Gasteiger partial charge < -0.3 is 10.1 Å². The largest absolute Gasteiger partial charge is 0.481 e. The zero-order chi connectivity index (χ0) is 16.8. The highest BCUT2D eigenvalue weighted by Crippen LogP contribution is 2.23. The zero-order valence-corrected chi connectivity index (χ0v) is 14.3. The van der Waals surface area contributed by atoms with Crippen LogP contribution in [0.2, 0.25) is 0 Å². The van der Waals surface area contributed by atoms with Crippen molar-refractivity contribution < 1.29 is 9.53 Å². The first-order chi connectivity index (χ1) is 11.0. The number of amides is 1. The fraction of sp³-hybridized carbons (Fsp3) is 0.350. The predicted octanol–water partition coefficient (Wildman–Crippen LogP) is 4.53. The molecule has 2 rings (SSSR count). The molecule has 1 atom stereocenters. The van der Waals surface area contributed by atoms with Crippen molar-refractivity contribution in [1.29, 1.82) is 0 Å². The lowest BCUT2D eigenvalue weighted by Gasteiger charge is -2.18. The van der Waals surface area contributed by atoms with E-state index in [-0.39, 0.29) is 5.91 Å². The predicted molar refractivity (Wildman–Crippen MR) is 95.1 cm³/mol. The molecule has 0 saturated carbocycles. The summed E-state index contributed by atoms with van der Waals surface area (Å²) in [6.45, 7) is 7.98. The summed E-state index contributed by atoms with van der Waals surface area (Å²) in [6, 6.07) is 13.9. The number of carbonyl (C=O) groups is 1. The second kappa shape index (κ2) is 7.82. The van der Waals surface area contributed by atoms with E-state index in [2.05, 4.69) is 31.3 Å². The van der Waals surface area contributed by atoms with E-state index in [1.165, 1.54) is 5.56 Å². The molecule has 0 bridgehead atoms. The van der Waals surface area contributed by atoms with Crippen LogP contribution in [-0.2, 0) is 17.6 Å². The lowest BCUT2D eigenvalue weighted by molar-refractivity contribution is -0.122. The average Bonchev–Trinajstić information content (AvgIpc) is 2.56. The molecule has 3 nitrogen and oxygen atoms in total. The average molecular weight is 311 g/mol. The number of rotatable bonds is 6. The van der Waals surface area contributed by atoms with Crippen LogP contribution < -0.4 is 10.1 Å². The second-order valence-electron chi connectivity index (χ2n) is 5.72. The van der Waals surface area contributed by atoms with Gasteiger partial charge in [0.1, 0.15) is 5.75 Å². The number of benzene rings is 2.